The van der Waals surface area contributed by atoms with Crippen LogP contribution in [0, 0.1) is 5.92 Å². The summed E-state index contributed by atoms with van der Waals surface area (Å²) >= 11 is 0. The first-order chi connectivity index (χ1) is 11.8. The van der Waals surface area contributed by atoms with Crippen LogP contribution in [-0.2, 0) is 14.4 Å². The lowest BCUT2D eigenvalue weighted by molar-refractivity contribution is -0.139. The number of carbonyl (C=O) groups is 4. The summed E-state index contributed by atoms with van der Waals surface area (Å²) in [5, 5.41) is 12.8. The Morgan fingerprint density at radius 2 is 1.84 bits per heavy atom. The molecule has 8 heteroatoms. The number of nitrogens with zero attached hydrogens (tertiary/aromatic N) is 1. The molecule has 3 N–H and O–H groups in total. The maximum absolute atomic E-state index is 12.2. The van der Waals surface area contributed by atoms with E-state index < -0.39 is 17.9 Å². The van der Waals surface area contributed by atoms with Gasteiger partial charge in [0.1, 0.15) is 6.04 Å². The van der Waals surface area contributed by atoms with Crippen molar-refractivity contribution in [1.82, 2.24) is 10.7 Å². The van der Waals surface area contributed by atoms with E-state index >= 15 is 0 Å². The van der Waals surface area contributed by atoms with Gasteiger partial charge in [-0.15, -0.1) is 0 Å². The molecule has 1 aromatic carbocycles. The number of anilines is 1. The molecule has 0 aliphatic carbocycles. The van der Waals surface area contributed by atoms with Crippen LogP contribution in [0.15, 0.2) is 24.3 Å². The predicted molar refractivity (Wildman–Crippen MR) is 89.6 cm³/mol. The van der Waals surface area contributed by atoms with Crippen molar-refractivity contribution >= 4 is 29.4 Å². The predicted octanol–water partition coefficient (Wildman–Crippen LogP) is 1.07. The molecule has 1 aliphatic heterocycles. The van der Waals surface area contributed by atoms with Crippen LogP contribution in [-0.4, -0.2) is 34.8 Å². The van der Waals surface area contributed by atoms with Gasteiger partial charge in [-0.1, -0.05) is 13.8 Å². The number of carbonyl (C=O) groups excluding carboxylic acids is 3. The number of rotatable bonds is 6. The Balaban J connectivity index is 2.08. The summed E-state index contributed by atoms with van der Waals surface area (Å²) < 4.78 is 0. The van der Waals surface area contributed by atoms with Gasteiger partial charge in [-0.25, -0.2) is 9.80 Å². The Hall–Kier alpha value is -2.90. The normalized spacial score (nSPS) is 15.7. The molecule has 1 aliphatic rings. The van der Waals surface area contributed by atoms with E-state index in [1.807, 2.05) is 13.8 Å². The second-order valence-corrected chi connectivity index (χ2v) is 6.30. The van der Waals surface area contributed by atoms with E-state index in [4.69, 9.17) is 0 Å². The van der Waals surface area contributed by atoms with E-state index in [1.165, 1.54) is 24.3 Å². The number of aliphatic carboxylic acids is 1. The van der Waals surface area contributed by atoms with E-state index in [0.717, 1.165) is 5.01 Å². The third-order valence-electron chi connectivity index (χ3n) is 3.75. The summed E-state index contributed by atoms with van der Waals surface area (Å²) in [6.45, 7) is 3.75. The molecule has 1 atom stereocenters. The highest BCUT2D eigenvalue weighted by atomic mass is 16.4. The Bertz CT molecular complexity index is 684. The molecule has 0 unspecified atom stereocenters. The molecular weight excluding hydrogens is 326 g/mol. The smallest absolute Gasteiger partial charge is 0.326 e. The third-order valence-corrected chi connectivity index (χ3v) is 3.75. The number of hydrogen-bond acceptors (Lipinski definition) is 4. The quantitative estimate of drug-likeness (QED) is 0.712. The molecule has 0 bridgehead atoms. The summed E-state index contributed by atoms with van der Waals surface area (Å²) in [7, 11) is 0. The van der Waals surface area contributed by atoms with Crippen molar-refractivity contribution in [2.75, 3.05) is 5.01 Å². The largest absolute Gasteiger partial charge is 0.480 e. The molecule has 8 nitrogen and oxygen atoms in total. The number of hydrazine groups is 1. The second-order valence-electron chi connectivity index (χ2n) is 6.30. The lowest BCUT2D eigenvalue weighted by Crippen LogP contribution is -2.50. The average molecular weight is 347 g/mol. The fourth-order valence-corrected chi connectivity index (χ4v) is 2.48. The zero-order chi connectivity index (χ0) is 18.6. The number of benzene rings is 1. The minimum Gasteiger partial charge on any atom is -0.480 e. The van der Waals surface area contributed by atoms with E-state index in [-0.39, 0.29) is 36.1 Å². The summed E-state index contributed by atoms with van der Waals surface area (Å²) in [6, 6.07) is 5.04. The van der Waals surface area contributed by atoms with Gasteiger partial charge in [-0.05, 0) is 36.6 Å². The Morgan fingerprint density at radius 3 is 2.40 bits per heavy atom. The van der Waals surface area contributed by atoms with Crippen molar-refractivity contribution in [3.63, 3.8) is 0 Å². The molecule has 1 saturated heterocycles. The lowest BCUT2D eigenvalue weighted by atomic mass is 10.0. The average Bonchev–Trinajstić information content (AvgIpc) is 2.56. The van der Waals surface area contributed by atoms with Gasteiger partial charge in [-0.3, -0.25) is 19.8 Å². The SMILES string of the molecule is CC(C)C[C@H](NC(=O)c1ccc(N2NC(=O)CCC2=O)cc1)C(=O)O. The van der Waals surface area contributed by atoms with E-state index in [2.05, 4.69) is 10.7 Å². The highest BCUT2D eigenvalue weighted by Crippen LogP contribution is 2.18. The maximum atomic E-state index is 12.2. The zero-order valence-electron chi connectivity index (χ0n) is 14.1. The van der Waals surface area contributed by atoms with Crippen LogP contribution in [0.25, 0.3) is 0 Å². The molecule has 0 spiro atoms. The number of hydrogen-bond donors (Lipinski definition) is 3. The minimum atomic E-state index is -1.08. The monoisotopic (exact) mass is 347 g/mol. The van der Waals surface area contributed by atoms with E-state index in [1.54, 1.807) is 0 Å². The van der Waals surface area contributed by atoms with Gasteiger partial charge >= 0.3 is 5.97 Å². The molecule has 134 valence electrons. The van der Waals surface area contributed by atoms with Gasteiger partial charge in [0, 0.05) is 18.4 Å². The summed E-state index contributed by atoms with van der Waals surface area (Å²) in [6.07, 6.45) is 0.610. The van der Waals surface area contributed by atoms with Gasteiger partial charge in [0.25, 0.3) is 5.91 Å². The highest BCUT2D eigenvalue weighted by Gasteiger charge is 2.25. The van der Waals surface area contributed by atoms with Crippen molar-refractivity contribution in [3.05, 3.63) is 29.8 Å². The molecule has 1 aromatic rings. The van der Waals surface area contributed by atoms with E-state index in [0.29, 0.717) is 12.1 Å². The summed E-state index contributed by atoms with van der Waals surface area (Å²) in [4.78, 5) is 46.7. The number of carboxylic acid groups (broad SMARTS) is 1. The maximum Gasteiger partial charge on any atom is 0.326 e. The fourth-order valence-electron chi connectivity index (χ4n) is 2.48. The van der Waals surface area contributed by atoms with Crippen LogP contribution in [0.3, 0.4) is 0 Å². The summed E-state index contributed by atoms with van der Waals surface area (Å²) in [5.74, 6) is -1.95. The fraction of sp³-hybridized carbons (Fsp3) is 0.412. The van der Waals surface area contributed by atoms with Crippen LogP contribution in [0.5, 0.6) is 0 Å². The zero-order valence-corrected chi connectivity index (χ0v) is 14.1. The second kappa shape index (κ2) is 7.78. The molecule has 0 radical (unpaired) electrons. The lowest BCUT2D eigenvalue weighted by Gasteiger charge is -2.27. The molecule has 2 rings (SSSR count). The van der Waals surface area contributed by atoms with Crippen molar-refractivity contribution in [3.8, 4) is 0 Å². The molecule has 0 saturated carbocycles. The first kappa shape index (κ1) is 18.4. The van der Waals surface area contributed by atoms with Gasteiger partial charge < -0.3 is 10.4 Å². The molecular formula is C17H21N3O5. The minimum absolute atomic E-state index is 0.123. The Morgan fingerprint density at radius 1 is 1.20 bits per heavy atom. The molecule has 0 aromatic heterocycles. The van der Waals surface area contributed by atoms with Crippen LogP contribution >= 0.6 is 0 Å². The van der Waals surface area contributed by atoms with Gasteiger partial charge in [-0.2, -0.15) is 0 Å². The first-order valence-corrected chi connectivity index (χ1v) is 8.04. The van der Waals surface area contributed by atoms with Crippen molar-refractivity contribution in [2.45, 2.75) is 39.2 Å². The van der Waals surface area contributed by atoms with Crippen molar-refractivity contribution < 1.29 is 24.3 Å². The first-order valence-electron chi connectivity index (χ1n) is 8.04. The number of amides is 3. The van der Waals surface area contributed by atoms with Crippen LogP contribution in [0.1, 0.15) is 43.5 Å². The Labute approximate surface area is 145 Å². The summed E-state index contributed by atoms with van der Waals surface area (Å²) in [5.41, 5.74) is 3.18. The van der Waals surface area contributed by atoms with Gasteiger partial charge in [0.15, 0.2) is 0 Å². The van der Waals surface area contributed by atoms with Crippen molar-refractivity contribution in [2.24, 2.45) is 5.92 Å². The standard InChI is InChI=1S/C17H21N3O5/c1-10(2)9-13(17(24)25)18-16(23)11-3-5-12(6-4-11)20-15(22)8-7-14(21)19-20/h3-6,10,13H,7-9H2,1-2H3,(H,18,23)(H,19,21)(H,24,25)/t13-/m0/s1. The van der Waals surface area contributed by atoms with Crippen LogP contribution < -0.4 is 15.8 Å². The molecule has 1 fully saturated rings. The molecule has 1 heterocycles. The van der Waals surface area contributed by atoms with Gasteiger partial charge in [0.05, 0.1) is 5.69 Å². The van der Waals surface area contributed by atoms with Crippen LogP contribution in [0.2, 0.25) is 0 Å². The Kier molecular flexibility index (Phi) is 5.74. The number of carboxylic acids is 1. The number of nitrogens with one attached hydrogen (secondary N) is 2. The van der Waals surface area contributed by atoms with Gasteiger partial charge in [0.2, 0.25) is 11.8 Å². The van der Waals surface area contributed by atoms with Crippen molar-refractivity contribution in [1.29, 1.82) is 0 Å². The topological polar surface area (TPSA) is 116 Å². The van der Waals surface area contributed by atoms with Crippen LogP contribution in [0.4, 0.5) is 5.69 Å². The molecule has 3 amide bonds. The third kappa shape index (κ3) is 4.79. The molecule has 25 heavy (non-hydrogen) atoms. The highest BCUT2D eigenvalue weighted by molar-refractivity contribution is 6.02. The van der Waals surface area contributed by atoms with E-state index in [9.17, 15) is 24.3 Å².